The summed E-state index contributed by atoms with van der Waals surface area (Å²) < 4.78 is 2.00. The van der Waals surface area contributed by atoms with Crippen LogP contribution in [0.4, 0.5) is 5.69 Å². The molecule has 0 aliphatic carbocycles. The number of anilines is 1. The zero-order valence-electron chi connectivity index (χ0n) is 10.8. The maximum Gasteiger partial charge on any atom is 0.224 e. The minimum absolute atomic E-state index is 0.0406. The molecule has 1 aromatic heterocycles. The van der Waals surface area contributed by atoms with Gasteiger partial charge >= 0.3 is 0 Å². The number of aliphatic hydroxyl groups is 1. The predicted molar refractivity (Wildman–Crippen MR) is 77.6 cm³/mol. The Labute approximate surface area is 117 Å². The van der Waals surface area contributed by atoms with Crippen LogP contribution in [0, 0.1) is 0 Å². The third kappa shape index (κ3) is 2.91. The van der Waals surface area contributed by atoms with Crippen LogP contribution in [0.25, 0.3) is 10.9 Å². The first-order chi connectivity index (χ1) is 9.17. The molecule has 0 fully saturated rings. The van der Waals surface area contributed by atoms with E-state index in [1.165, 1.54) is 0 Å². The Hall–Kier alpha value is -1.52. The highest BCUT2D eigenvalue weighted by Gasteiger charge is 2.12. The van der Waals surface area contributed by atoms with Crippen molar-refractivity contribution in [1.82, 2.24) is 4.57 Å². The van der Waals surface area contributed by atoms with E-state index in [2.05, 4.69) is 5.32 Å². The molecule has 0 saturated carbocycles. The number of nitrogens with zero attached hydrogens (tertiary/aromatic N) is 1. The Balaban J connectivity index is 2.47. The molecule has 0 radical (unpaired) electrons. The topological polar surface area (TPSA) is 54.3 Å². The Bertz CT molecular complexity index is 592. The van der Waals surface area contributed by atoms with Gasteiger partial charge in [-0.1, -0.05) is 24.6 Å². The largest absolute Gasteiger partial charge is 0.396 e. The molecule has 2 rings (SSSR count). The average molecular weight is 281 g/mol. The average Bonchev–Trinajstić information content (AvgIpc) is 2.75. The van der Waals surface area contributed by atoms with Crippen molar-refractivity contribution in [2.24, 2.45) is 0 Å². The lowest BCUT2D eigenvalue weighted by molar-refractivity contribution is -0.115. The van der Waals surface area contributed by atoms with Gasteiger partial charge in [0, 0.05) is 31.2 Å². The maximum atomic E-state index is 11.6. The number of carbonyl (C=O) groups excluding carboxylic acids is 1. The second kappa shape index (κ2) is 6.08. The van der Waals surface area contributed by atoms with Gasteiger partial charge in [-0.05, 0) is 18.6 Å². The van der Waals surface area contributed by atoms with Gasteiger partial charge < -0.3 is 15.0 Å². The summed E-state index contributed by atoms with van der Waals surface area (Å²) in [7, 11) is 0. The number of rotatable bonds is 5. The molecule has 0 unspecified atom stereocenters. The molecule has 2 N–H and O–H groups in total. The molecule has 1 aromatic carbocycles. The number of hydrogen-bond acceptors (Lipinski definition) is 2. The predicted octanol–water partition coefficient (Wildman–Crippen LogP) is 3.03. The Morgan fingerprint density at radius 1 is 1.47 bits per heavy atom. The molecule has 0 spiro atoms. The fourth-order valence-electron chi connectivity index (χ4n) is 2.07. The van der Waals surface area contributed by atoms with Crippen molar-refractivity contribution in [2.45, 2.75) is 26.3 Å². The second-order valence-corrected chi connectivity index (χ2v) is 4.76. The molecule has 1 heterocycles. The molecule has 102 valence electrons. The minimum atomic E-state index is -0.0406. The molecule has 0 bridgehead atoms. The molecular formula is C14H17ClN2O2. The molecule has 1 amide bonds. The molecule has 4 nitrogen and oxygen atoms in total. The van der Waals surface area contributed by atoms with Gasteiger partial charge in [-0.3, -0.25) is 4.79 Å². The number of aliphatic hydroxyl groups excluding tert-OH is 1. The summed E-state index contributed by atoms with van der Waals surface area (Å²) in [5.74, 6) is -0.0406. The molecule has 2 aromatic rings. The number of fused-ring (bicyclic) bond motifs is 1. The highest BCUT2D eigenvalue weighted by atomic mass is 35.5. The summed E-state index contributed by atoms with van der Waals surface area (Å²) in [6.45, 7) is 2.63. The van der Waals surface area contributed by atoms with Gasteiger partial charge in [-0.25, -0.2) is 0 Å². The molecule has 0 atom stereocenters. The molecule has 0 aliphatic rings. The van der Waals surface area contributed by atoms with Crippen LogP contribution in [0.1, 0.15) is 19.8 Å². The van der Waals surface area contributed by atoms with Crippen molar-refractivity contribution < 1.29 is 9.90 Å². The molecular weight excluding hydrogens is 264 g/mol. The standard InChI is InChI=1S/C14H17ClN2O2/c1-2-13(19)16-11-9-17(7-4-8-18)12-6-3-5-10(15)14(11)12/h3,5-6,9,18H,2,4,7-8H2,1H3,(H,16,19). The monoisotopic (exact) mass is 280 g/mol. The van der Waals surface area contributed by atoms with Crippen molar-refractivity contribution in [3.8, 4) is 0 Å². The second-order valence-electron chi connectivity index (χ2n) is 4.35. The summed E-state index contributed by atoms with van der Waals surface area (Å²) in [6, 6.07) is 5.65. The van der Waals surface area contributed by atoms with Crippen LogP contribution in [-0.2, 0) is 11.3 Å². The number of carbonyl (C=O) groups is 1. The van der Waals surface area contributed by atoms with Crippen molar-refractivity contribution >= 4 is 34.1 Å². The van der Waals surface area contributed by atoms with Gasteiger partial charge in [0.15, 0.2) is 0 Å². The van der Waals surface area contributed by atoms with E-state index < -0.39 is 0 Å². The number of benzene rings is 1. The van der Waals surface area contributed by atoms with Crippen LogP contribution in [0.15, 0.2) is 24.4 Å². The van der Waals surface area contributed by atoms with E-state index in [4.69, 9.17) is 16.7 Å². The summed E-state index contributed by atoms with van der Waals surface area (Å²) in [4.78, 5) is 11.6. The highest BCUT2D eigenvalue weighted by Crippen LogP contribution is 2.32. The number of amides is 1. The number of hydrogen-bond donors (Lipinski definition) is 2. The molecule has 0 aliphatic heterocycles. The highest BCUT2D eigenvalue weighted by molar-refractivity contribution is 6.36. The molecule has 19 heavy (non-hydrogen) atoms. The van der Waals surface area contributed by atoms with Crippen molar-refractivity contribution in [2.75, 3.05) is 11.9 Å². The van der Waals surface area contributed by atoms with E-state index in [0.717, 1.165) is 16.6 Å². The van der Waals surface area contributed by atoms with Gasteiger partial charge in [0.2, 0.25) is 5.91 Å². The number of halogens is 1. The van der Waals surface area contributed by atoms with E-state index in [1.54, 1.807) is 0 Å². The summed E-state index contributed by atoms with van der Waals surface area (Å²) >= 11 is 6.22. The lowest BCUT2D eigenvalue weighted by Gasteiger charge is -2.03. The lowest BCUT2D eigenvalue weighted by atomic mass is 10.2. The van der Waals surface area contributed by atoms with Crippen molar-refractivity contribution in [3.63, 3.8) is 0 Å². The molecule has 0 saturated heterocycles. The van der Waals surface area contributed by atoms with Crippen LogP contribution in [-0.4, -0.2) is 22.2 Å². The number of aromatic nitrogens is 1. The van der Waals surface area contributed by atoms with Crippen LogP contribution in [0.2, 0.25) is 5.02 Å². The normalized spacial score (nSPS) is 10.9. The fraction of sp³-hybridized carbons (Fsp3) is 0.357. The van der Waals surface area contributed by atoms with Gasteiger partial charge in [0.05, 0.1) is 16.2 Å². The van der Waals surface area contributed by atoms with E-state index in [9.17, 15) is 4.79 Å². The Morgan fingerprint density at radius 2 is 2.26 bits per heavy atom. The fourth-order valence-corrected chi connectivity index (χ4v) is 2.34. The van der Waals surface area contributed by atoms with Crippen LogP contribution in [0.5, 0.6) is 0 Å². The van der Waals surface area contributed by atoms with Crippen molar-refractivity contribution in [1.29, 1.82) is 0 Å². The van der Waals surface area contributed by atoms with Crippen LogP contribution >= 0.6 is 11.6 Å². The van der Waals surface area contributed by atoms with E-state index in [1.807, 2.05) is 35.9 Å². The van der Waals surface area contributed by atoms with E-state index >= 15 is 0 Å². The van der Waals surface area contributed by atoms with Gasteiger partial charge in [-0.15, -0.1) is 0 Å². The minimum Gasteiger partial charge on any atom is -0.396 e. The zero-order chi connectivity index (χ0) is 13.8. The third-order valence-electron chi connectivity index (χ3n) is 3.01. The van der Waals surface area contributed by atoms with Gasteiger partial charge in [0.25, 0.3) is 0 Å². The lowest BCUT2D eigenvalue weighted by Crippen LogP contribution is -2.09. The zero-order valence-corrected chi connectivity index (χ0v) is 11.6. The maximum absolute atomic E-state index is 11.6. The Morgan fingerprint density at radius 3 is 2.95 bits per heavy atom. The summed E-state index contributed by atoms with van der Waals surface area (Å²) in [5.41, 5.74) is 1.69. The number of aryl methyl sites for hydroxylation is 1. The van der Waals surface area contributed by atoms with Gasteiger partial charge in [0.1, 0.15) is 0 Å². The quantitative estimate of drug-likeness (QED) is 0.884. The SMILES string of the molecule is CCC(=O)Nc1cn(CCCO)c2cccc(Cl)c12. The molecule has 5 heteroatoms. The Kier molecular flexibility index (Phi) is 4.45. The summed E-state index contributed by atoms with van der Waals surface area (Å²) in [6.07, 6.45) is 2.96. The first kappa shape index (κ1) is 13.9. The van der Waals surface area contributed by atoms with E-state index in [0.29, 0.717) is 24.4 Å². The van der Waals surface area contributed by atoms with Crippen LogP contribution < -0.4 is 5.32 Å². The van der Waals surface area contributed by atoms with E-state index in [-0.39, 0.29) is 12.5 Å². The van der Waals surface area contributed by atoms with Gasteiger partial charge in [-0.2, -0.15) is 0 Å². The smallest absolute Gasteiger partial charge is 0.224 e. The summed E-state index contributed by atoms with van der Waals surface area (Å²) in [5, 5.41) is 13.3. The van der Waals surface area contributed by atoms with Crippen molar-refractivity contribution in [3.05, 3.63) is 29.4 Å². The first-order valence-electron chi connectivity index (χ1n) is 6.35. The van der Waals surface area contributed by atoms with Crippen LogP contribution in [0.3, 0.4) is 0 Å². The third-order valence-corrected chi connectivity index (χ3v) is 3.32. The first-order valence-corrected chi connectivity index (χ1v) is 6.73. The number of nitrogens with one attached hydrogen (secondary N) is 1.